The van der Waals surface area contributed by atoms with Crippen LogP contribution >= 0.6 is 0 Å². The second-order valence-electron chi connectivity index (χ2n) is 8.78. The van der Waals surface area contributed by atoms with Gasteiger partial charge in [0.15, 0.2) is 0 Å². The second-order valence-corrected chi connectivity index (χ2v) is 8.78. The molecule has 1 saturated heterocycles. The Morgan fingerprint density at radius 2 is 1.79 bits per heavy atom. The van der Waals surface area contributed by atoms with Crippen molar-refractivity contribution in [2.45, 2.75) is 32.7 Å². The lowest BCUT2D eigenvalue weighted by molar-refractivity contribution is -0.123. The number of likely N-dealkylation sites (tertiary alicyclic amines) is 1. The molecule has 2 aliphatic rings. The summed E-state index contributed by atoms with van der Waals surface area (Å²) in [6.07, 6.45) is 1.82. The van der Waals surface area contributed by atoms with Gasteiger partial charge in [0.25, 0.3) is 11.8 Å². The molecule has 1 atom stereocenters. The number of nitrogens with two attached hydrogens (primary N) is 1. The van der Waals surface area contributed by atoms with E-state index in [4.69, 9.17) is 5.73 Å². The number of rotatable bonds is 7. The van der Waals surface area contributed by atoms with Gasteiger partial charge in [-0.1, -0.05) is 23.8 Å². The first-order chi connectivity index (χ1) is 15.8. The first kappa shape index (κ1) is 22.7. The van der Waals surface area contributed by atoms with Crippen molar-refractivity contribution >= 4 is 29.3 Å². The number of carbonyl (C=O) groups excluding carboxylic acids is 4. The van der Waals surface area contributed by atoms with Crippen molar-refractivity contribution in [3.8, 4) is 0 Å². The van der Waals surface area contributed by atoms with E-state index in [1.165, 1.54) is 0 Å². The van der Waals surface area contributed by atoms with Crippen LogP contribution < -0.4 is 11.1 Å². The van der Waals surface area contributed by atoms with Crippen LogP contribution in [0.3, 0.4) is 0 Å². The fraction of sp³-hybridized carbons (Fsp3) is 0.360. The van der Waals surface area contributed by atoms with Crippen molar-refractivity contribution in [1.82, 2.24) is 9.80 Å². The van der Waals surface area contributed by atoms with Crippen LogP contribution in [0.2, 0.25) is 0 Å². The Kier molecular flexibility index (Phi) is 6.55. The van der Waals surface area contributed by atoms with Crippen molar-refractivity contribution in [2.24, 2.45) is 11.7 Å². The van der Waals surface area contributed by atoms with E-state index in [0.29, 0.717) is 23.4 Å². The number of nitrogens with zero attached hydrogens (tertiary/aromatic N) is 2. The van der Waals surface area contributed by atoms with E-state index in [1.807, 2.05) is 31.2 Å². The zero-order valence-electron chi connectivity index (χ0n) is 18.7. The van der Waals surface area contributed by atoms with E-state index in [-0.39, 0.29) is 42.5 Å². The Bertz CT molecular complexity index is 1100. The number of fused-ring (bicyclic) bond motifs is 1. The normalized spacial score (nSPS) is 18.3. The van der Waals surface area contributed by atoms with Gasteiger partial charge in [0.05, 0.1) is 17.0 Å². The molecular formula is C25H28N4O4. The molecule has 0 aliphatic carbocycles. The zero-order chi connectivity index (χ0) is 23.5. The summed E-state index contributed by atoms with van der Waals surface area (Å²) in [7, 11) is 0. The number of aryl methyl sites for hydroxylation is 1. The van der Waals surface area contributed by atoms with Crippen LogP contribution in [-0.2, 0) is 16.1 Å². The maximum atomic E-state index is 12.5. The monoisotopic (exact) mass is 448 g/mol. The maximum absolute atomic E-state index is 12.5. The van der Waals surface area contributed by atoms with Gasteiger partial charge in [0.2, 0.25) is 11.8 Å². The highest BCUT2D eigenvalue weighted by Gasteiger charge is 2.35. The van der Waals surface area contributed by atoms with Crippen molar-refractivity contribution < 1.29 is 19.2 Å². The fourth-order valence-electron chi connectivity index (χ4n) is 4.43. The van der Waals surface area contributed by atoms with Gasteiger partial charge < -0.3 is 11.1 Å². The smallest absolute Gasteiger partial charge is 0.261 e. The summed E-state index contributed by atoms with van der Waals surface area (Å²) in [5.41, 5.74) is 8.87. The van der Waals surface area contributed by atoms with Gasteiger partial charge in [-0.25, -0.2) is 0 Å². The van der Waals surface area contributed by atoms with Gasteiger partial charge >= 0.3 is 0 Å². The van der Waals surface area contributed by atoms with E-state index in [0.717, 1.165) is 42.0 Å². The molecule has 172 valence electrons. The molecule has 0 saturated carbocycles. The van der Waals surface area contributed by atoms with Crippen LogP contribution in [-0.4, -0.2) is 53.1 Å². The third-order valence-corrected chi connectivity index (χ3v) is 6.24. The van der Waals surface area contributed by atoms with E-state index in [9.17, 15) is 19.2 Å². The molecule has 3 N–H and O–H groups in total. The molecule has 8 heteroatoms. The van der Waals surface area contributed by atoms with Crippen LogP contribution in [0.25, 0.3) is 0 Å². The molecular weight excluding hydrogens is 420 g/mol. The number of primary amides is 1. The van der Waals surface area contributed by atoms with Gasteiger partial charge in [-0.05, 0) is 56.1 Å². The summed E-state index contributed by atoms with van der Waals surface area (Å²) in [5.74, 6) is -1.32. The standard InChI is InChI=1S/C25H28N4O4/c1-16-4-9-20-21(13-16)25(33)29(24(20)32)12-10-22(30)27-19-7-5-17(6-8-19)14-28-11-2-3-18(15-28)23(26)31/h4-9,13,18H,2-3,10-12,14-15H2,1H3,(H2,26,31)(H,27,30). The molecule has 0 spiro atoms. The van der Waals surface area contributed by atoms with Crippen LogP contribution in [0.15, 0.2) is 42.5 Å². The van der Waals surface area contributed by atoms with Crippen molar-refractivity contribution in [3.63, 3.8) is 0 Å². The van der Waals surface area contributed by atoms with Crippen molar-refractivity contribution in [1.29, 1.82) is 0 Å². The Morgan fingerprint density at radius 1 is 1.06 bits per heavy atom. The highest BCUT2D eigenvalue weighted by atomic mass is 16.2. The number of hydrogen-bond acceptors (Lipinski definition) is 5. The van der Waals surface area contributed by atoms with E-state index < -0.39 is 0 Å². The molecule has 0 bridgehead atoms. The largest absolute Gasteiger partial charge is 0.369 e. The van der Waals surface area contributed by atoms with Gasteiger partial charge in [0.1, 0.15) is 0 Å². The number of piperidine rings is 1. The molecule has 1 unspecified atom stereocenters. The Labute approximate surface area is 192 Å². The summed E-state index contributed by atoms with van der Waals surface area (Å²) in [5, 5.41) is 2.82. The number of amides is 4. The van der Waals surface area contributed by atoms with Gasteiger partial charge in [-0.3, -0.25) is 29.0 Å². The minimum absolute atomic E-state index is 0.0223. The summed E-state index contributed by atoms with van der Waals surface area (Å²) in [4.78, 5) is 52.2. The molecule has 0 radical (unpaired) electrons. The fourth-order valence-corrected chi connectivity index (χ4v) is 4.43. The highest BCUT2D eigenvalue weighted by molar-refractivity contribution is 6.21. The molecule has 4 rings (SSSR count). The minimum Gasteiger partial charge on any atom is -0.369 e. The number of hydrogen-bond donors (Lipinski definition) is 2. The number of imide groups is 1. The van der Waals surface area contributed by atoms with Crippen molar-refractivity contribution in [2.75, 3.05) is 25.0 Å². The third-order valence-electron chi connectivity index (χ3n) is 6.24. The molecule has 0 aromatic heterocycles. The van der Waals surface area contributed by atoms with E-state index >= 15 is 0 Å². The highest BCUT2D eigenvalue weighted by Crippen LogP contribution is 2.24. The first-order valence-corrected chi connectivity index (χ1v) is 11.2. The van der Waals surface area contributed by atoms with Gasteiger partial charge in [-0.2, -0.15) is 0 Å². The van der Waals surface area contributed by atoms with Gasteiger partial charge in [-0.15, -0.1) is 0 Å². The molecule has 33 heavy (non-hydrogen) atoms. The third kappa shape index (κ3) is 5.12. The van der Waals surface area contributed by atoms with Crippen molar-refractivity contribution in [3.05, 3.63) is 64.7 Å². The lowest BCUT2D eigenvalue weighted by atomic mass is 9.97. The quantitative estimate of drug-likeness (QED) is 0.631. The van der Waals surface area contributed by atoms with Crippen LogP contribution in [0.5, 0.6) is 0 Å². The van der Waals surface area contributed by atoms with Crippen LogP contribution in [0.4, 0.5) is 5.69 Å². The Morgan fingerprint density at radius 3 is 2.52 bits per heavy atom. The second kappa shape index (κ2) is 9.54. The molecule has 2 aromatic carbocycles. The lowest BCUT2D eigenvalue weighted by Crippen LogP contribution is -2.40. The summed E-state index contributed by atoms with van der Waals surface area (Å²) in [6, 6.07) is 12.7. The molecule has 8 nitrogen and oxygen atoms in total. The molecule has 2 heterocycles. The summed E-state index contributed by atoms with van der Waals surface area (Å²) in [6.45, 7) is 4.22. The first-order valence-electron chi connectivity index (χ1n) is 11.2. The topological polar surface area (TPSA) is 113 Å². The number of nitrogens with one attached hydrogen (secondary N) is 1. The molecule has 4 amide bonds. The number of benzene rings is 2. The average molecular weight is 449 g/mol. The molecule has 2 aromatic rings. The van der Waals surface area contributed by atoms with Gasteiger partial charge in [0, 0.05) is 31.7 Å². The summed E-state index contributed by atoms with van der Waals surface area (Å²) >= 11 is 0. The SMILES string of the molecule is Cc1ccc2c(c1)C(=O)N(CCC(=O)Nc1ccc(CN3CCCC(C(N)=O)C3)cc1)C2=O. The van der Waals surface area contributed by atoms with E-state index in [2.05, 4.69) is 10.2 Å². The zero-order valence-corrected chi connectivity index (χ0v) is 18.7. The predicted octanol–water partition coefficient (Wildman–Crippen LogP) is 2.32. The number of carbonyl (C=O) groups is 4. The maximum Gasteiger partial charge on any atom is 0.261 e. The molecule has 2 aliphatic heterocycles. The lowest BCUT2D eigenvalue weighted by Gasteiger charge is -2.31. The minimum atomic E-state index is -0.358. The van der Waals surface area contributed by atoms with Crippen LogP contribution in [0, 0.1) is 12.8 Å². The number of anilines is 1. The molecule has 1 fully saturated rings. The predicted molar refractivity (Wildman–Crippen MR) is 123 cm³/mol. The Hall–Kier alpha value is -3.52. The van der Waals surface area contributed by atoms with Crippen LogP contribution in [0.1, 0.15) is 51.1 Å². The Balaban J connectivity index is 1.28. The summed E-state index contributed by atoms with van der Waals surface area (Å²) < 4.78 is 0. The van der Waals surface area contributed by atoms with E-state index in [1.54, 1.807) is 18.2 Å². The average Bonchev–Trinajstić information content (AvgIpc) is 3.03.